The summed E-state index contributed by atoms with van der Waals surface area (Å²) in [5, 5.41) is 0. The minimum absolute atomic E-state index is 0.0542. The molecule has 0 saturated carbocycles. The van der Waals surface area contributed by atoms with E-state index in [1.165, 1.54) is 0 Å². The van der Waals surface area contributed by atoms with Crippen molar-refractivity contribution in [1.82, 2.24) is 4.90 Å². The quantitative estimate of drug-likeness (QED) is 0.565. The van der Waals surface area contributed by atoms with E-state index in [2.05, 4.69) is 4.90 Å². The molecule has 134 valence electrons. The minimum Gasteiger partial charge on any atom is -0.492 e. The van der Waals surface area contributed by atoms with E-state index in [1.807, 2.05) is 44.4 Å². The van der Waals surface area contributed by atoms with E-state index in [1.54, 1.807) is 24.3 Å². The predicted octanol–water partition coefficient (Wildman–Crippen LogP) is 3.65. The van der Waals surface area contributed by atoms with Gasteiger partial charge in [0.25, 0.3) is 0 Å². The van der Waals surface area contributed by atoms with Crippen LogP contribution in [0.5, 0.6) is 5.75 Å². The number of nitrogens with zero attached hydrogens (tertiary/aromatic N) is 1. The van der Waals surface area contributed by atoms with Crippen molar-refractivity contribution in [2.24, 2.45) is 0 Å². The van der Waals surface area contributed by atoms with Gasteiger partial charge >= 0.3 is 0 Å². The van der Waals surface area contributed by atoms with Gasteiger partial charge in [0.1, 0.15) is 12.4 Å². The van der Waals surface area contributed by atoms with E-state index < -0.39 is 0 Å². The van der Waals surface area contributed by atoms with Crippen LogP contribution in [0.1, 0.15) is 38.3 Å². The fourth-order valence-corrected chi connectivity index (χ4v) is 2.91. The third-order valence-electron chi connectivity index (χ3n) is 4.42. The lowest BCUT2D eigenvalue weighted by Crippen LogP contribution is -2.19. The van der Waals surface area contributed by atoms with E-state index in [-0.39, 0.29) is 11.6 Å². The minimum atomic E-state index is -0.0542. The maximum atomic E-state index is 12.3. The van der Waals surface area contributed by atoms with Gasteiger partial charge in [0, 0.05) is 24.1 Å². The molecule has 1 aliphatic rings. The van der Waals surface area contributed by atoms with Gasteiger partial charge in [-0.3, -0.25) is 9.59 Å². The Hall–Kier alpha value is -2.72. The molecule has 0 heterocycles. The molecule has 0 spiro atoms. The van der Waals surface area contributed by atoms with Crippen molar-refractivity contribution >= 4 is 17.6 Å². The molecule has 3 rings (SSSR count). The van der Waals surface area contributed by atoms with Gasteiger partial charge in [-0.15, -0.1) is 0 Å². The number of hydrogen-bond acceptors (Lipinski definition) is 4. The van der Waals surface area contributed by atoms with Crippen LogP contribution in [-0.2, 0) is 6.42 Å². The van der Waals surface area contributed by atoms with E-state index in [0.29, 0.717) is 18.6 Å². The number of benzene rings is 2. The second kappa shape index (κ2) is 8.11. The summed E-state index contributed by atoms with van der Waals surface area (Å²) in [7, 11) is 3.99. The van der Waals surface area contributed by atoms with Crippen molar-refractivity contribution in [3.8, 4) is 5.75 Å². The lowest BCUT2D eigenvalue weighted by molar-refractivity contribution is 0.0993. The average molecular weight is 349 g/mol. The molecule has 0 saturated heterocycles. The molecule has 0 aliphatic heterocycles. The molecule has 1 aliphatic carbocycles. The van der Waals surface area contributed by atoms with Gasteiger partial charge in [-0.25, -0.2) is 0 Å². The monoisotopic (exact) mass is 349 g/mol. The number of allylic oxidation sites excluding steroid dienone is 1. The lowest BCUT2D eigenvalue weighted by atomic mass is 10.0. The molecule has 2 aromatic carbocycles. The fourth-order valence-electron chi connectivity index (χ4n) is 2.91. The summed E-state index contributed by atoms with van der Waals surface area (Å²) >= 11 is 0. The SMILES string of the molecule is CN(C)CCOc1ccc(C(=O)C=Cc2ccc3c(c2)CCC3=O)cc1. The zero-order valence-electron chi connectivity index (χ0n) is 15.2. The van der Waals surface area contributed by atoms with Gasteiger partial charge < -0.3 is 9.64 Å². The number of Topliss-reactive ketones (excluding diaryl/α,β-unsaturated/α-hetero) is 1. The number of fused-ring (bicyclic) bond motifs is 1. The van der Waals surface area contributed by atoms with Gasteiger partial charge in [0.05, 0.1) is 0 Å². The van der Waals surface area contributed by atoms with E-state index in [4.69, 9.17) is 4.74 Å². The number of likely N-dealkylation sites (N-methyl/N-ethyl adjacent to an activating group) is 1. The number of aryl methyl sites for hydroxylation is 1. The third kappa shape index (κ3) is 4.46. The predicted molar refractivity (Wildman–Crippen MR) is 103 cm³/mol. The molecule has 0 amide bonds. The van der Waals surface area contributed by atoms with Crippen molar-refractivity contribution in [2.75, 3.05) is 27.2 Å². The highest BCUT2D eigenvalue weighted by Gasteiger charge is 2.18. The number of rotatable bonds is 7. The summed E-state index contributed by atoms with van der Waals surface area (Å²) in [5.41, 5.74) is 3.45. The summed E-state index contributed by atoms with van der Waals surface area (Å²) in [6.45, 7) is 1.46. The van der Waals surface area contributed by atoms with Crippen LogP contribution in [0.3, 0.4) is 0 Å². The Bertz CT molecular complexity index is 835. The first-order valence-electron chi connectivity index (χ1n) is 8.79. The van der Waals surface area contributed by atoms with Crippen LogP contribution in [0.4, 0.5) is 0 Å². The molecular weight excluding hydrogens is 326 g/mol. The number of carbonyl (C=O) groups excluding carboxylic acids is 2. The van der Waals surface area contributed by atoms with Gasteiger partial charge in [0.2, 0.25) is 0 Å². The molecule has 2 aromatic rings. The Morgan fingerprint density at radius 3 is 2.62 bits per heavy atom. The topological polar surface area (TPSA) is 46.6 Å². The highest BCUT2D eigenvalue weighted by Crippen LogP contribution is 2.23. The highest BCUT2D eigenvalue weighted by atomic mass is 16.5. The second-order valence-corrected chi connectivity index (χ2v) is 6.71. The molecule has 4 nitrogen and oxygen atoms in total. The van der Waals surface area contributed by atoms with Crippen LogP contribution in [0.2, 0.25) is 0 Å². The van der Waals surface area contributed by atoms with Crippen LogP contribution in [-0.4, -0.2) is 43.7 Å². The van der Waals surface area contributed by atoms with Crippen LogP contribution < -0.4 is 4.74 Å². The molecule has 0 fully saturated rings. The Kier molecular flexibility index (Phi) is 5.64. The van der Waals surface area contributed by atoms with Gasteiger partial charge in [-0.1, -0.05) is 24.3 Å². The Labute approximate surface area is 154 Å². The maximum Gasteiger partial charge on any atom is 0.185 e. The van der Waals surface area contributed by atoms with E-state index >= 15 is 0 Å². The number of carbonyl (C=O) groups is 2. The molecule has 0 aromatic heterocycles. The summed E-state index contributed by atoms with van der Waals surface area (Å²) in [5.74, 6) is 0.914. The van der Waals surface area contributed by atoms with Crippen molar-refractivity contribution in [3.05, 3.63) is 70.8 Å². The van der Waals surface area contributed by atoms with Gasteiger partial charge in [0.15, 0.2) is 11.6 Å². The summed E-state index contributed by atoms with van der Waals surface area (Å²) in [4.78, 5) is 26.1. The molecule has 0 N–H and O–H groups in total. The molecular formula is C22H23NO3. The highest BCUT2D eigenvalue weighted by molar-refractivity contribution is 6.07. The van der Waals surface area contributed by atoms with Gasteiger partial charge in [-0.2, -0.15) is 0 Å². The van der Waals surface area contributed by atoms with Crippen LogP contribution in [0.25, 0.3) is 6.08 Å². The van der Waals surface area contributed by atoms with Crippen molar-refractivity contribution in [1.29, 1.82) is 0 Å². The van der Waals surface area contributed by atoms with Crippen LogP contribution in [0, 0.1) is 0 Å². The second-order valence-electron chi connectivity index (χ2n) is 6.71. The first-order chi connectivity index (χ1) is 12.5. The van der Waals surface area contributed by atoms with Crippen LogP contribution in [0.15, 0.2) is 48.5 Å². The first-order valence-corrected chi connectivity index (χ1v) is 8.79. The maximum absolute atomic E-state index is 12.3. The van der Waals surface area contributed by atoms with Crippen LogP contribution >= 0.6 is 0 Å². The molecule has 0 unspecified atom stereocenters. The van der Waals surface area contributed by atoms with Crippen molar-refractivity contribution in [3.63, 3.8) is 0 Å². The molecule has 26 heavy (non-hydrogen) atoms. The summed E-state index contributed by atoms with van der Waals surface area (Å²) < 4.78 is 5.63. The Balaban J connectivity index is 1.61. The van der Waals surface area contributed by atoms with Gasteiger partial charge in [-0.05, 0) is 62.0 Å². The van der Waals surface area contributed by atoms with E-state index in [0.717, 1.165) is 35.4 Å². The van der Waals surface area contributed by atoms with E-state index in [9.17, 15) is 9.59 Å². The molecule has 0 atom stereocenters. The zero-order valence-corrected chi connectivity index (χ0v) is 15.2. The third-order valence-corrected chi connectivity index (χ3v) is 4.42. The summed E-state index contributed by atoms with van der Waals surface area (Å²) in [6, 6.07) is 12.9. The zero-order chi connectivity index (χ0) is 18.5. The lowest BCUT2D eigenvalue weighted by Gasteiger charge is -2.11. The average Bonchev–Trinajstić information content (AvgIpc) is 3.00. The fraction of sp³-hybridized carbons (Fsp3) is 0.273. The standard InChI is InChI=1S/C22H23NO3/c1-23(2)13-14-26-19-8-5-17(6-9-19)21(24)11-4-16-3-10-20-18(15-16)7-12-22(20)25/h3-6,8-11,15H,7,12-14H2,1-2H3. The normalized spacial score (nSPS) is 13.4. The Morgan fingerprint density at radius 2 is 1.88 bits per heavy atom. The molecule has 0 bridgehead atoms. The number of ketones is 2. The number of hydrogen-bond donors (Lipinski definition) is 0. The molecule has 0 radical (unpaired) electrons. The first kappa shape index (κ1) is 18.1. The smallest absolute Gasteiger partial charge is 0.185 e. The molecule has 4 heteroatoms. The largest absolute Gasteiger partial charge is 0.492 e. The number of ether oxygens (including phenoxy) is 1. The Morgan fingerprint density at radius 1 is 1.12 bits per heavy atom. The van der Waals surface area contributed by atoms with Crippen molar-refractivity contribution in [2.45, 2.75) is 12.8 Å². The summed E-state index contributed by atoms with van der Waals surface area (Å²) in [6.07, 6.45) is 4.75. The van der Waals surface area contributed by atoms with Crippen molar-refractivity contribution < 1.29 is 14.3 Å².